The molecule has 0 amide bonds. The van der Waals surface area contributed by atoms with Crippen LogP contribution in [0.5, 0.6) is 23.5 Å². The van der Waals surface area contributed by atoms with Crippen LogP contribution in [0.1, 0.15) is 36.1 Å². The molecule has 4 aromatic rings. The molecule has 0 bridgehead atoms. The predicted octanol–water partition coefficient (Wildman–Crippen LogP) is 5.39. The first-order valence-corrected chi connectivity index (χ1v) is 17.5. The number of rotatable bonds is 12. The van der Waals surface area contributed by atoms with Crippen LogP contribution in [0.3, 0.4) is 0 Å². The number of halogens is 2. The van der Waals surface area contributed by atoms with Crippen molar-refractivity contribution < 1.29 is 57.4 Å². The maximum absolute atomic E-state index is 11.7. The number of ether oxygens (including phenoxy) is 7. The average molecular weight is 897 g/mol. The number of carboxylic acid groups (broad SMARTS) is 1. The van der Waals surface area contributed by atoms with E-state index in [4.69, 9.17) is 28.8 Å². The fourth-order valence-electron chi connectivity index (χ4n) is 4.28. The lowest BCUT2D eigenvalue weighted by atomic mass is 9.85. The topological polar surface area (TPSA) is 205 Å². The molecule has 55 heavy (non-hydrogen) atoms. The number of esters is 3. The second-order valence-electron chi connectivity index (χ2n) is 11.1. The third-order valence-electron chi connectivity index (χ3n) is 7.02. The minimum Gasteiger partial charge on any atom is -0.481 e. The summed E-state index contributed by atoms with van der Waals surface area (Å²) in [6.07, 6.45) is 6.69. The largest absolute Gasteiger partial charge is 0.481 e. The smallest absolute Gasteiger partial charge is 0.315 e. The maximum Gasteiger partial charge on any atom is 0.315 e. The fourth-order valence-corrected chi connectivity index (χ4v) is 4.99. The summed E-state index contributed by atoms with van der Waals surface area (Å²) < 4.78 is 35.4. The Morgan fingerprint density at radius 3 is 1.45 bits per heavy atom. The van der Waals surface area contributed by atoms with E-state index in [2.05, 4.69) is 61.3 Å². The van der Waals surface area contributed by atoms with E-state index >= 15 is 0 Å². The van der Waals surface area contributed by atoms with E-state index in [1.165, 1.54) is 49.8 Å². The van der Waals surface area contributed by atoms with Crippen LogP contribution < -0.4 is 18.9 Å². The number of nitrogens with zero attached hydrogens (tertiary/aromatic N) is 4. The molecule has 298 valence electrons. The van der Waals surface area contributed by atoms with Crippen molar-refractivity contribution in [2.45, 2.75) is 38.5 Å². The molecule has 0 aliphatic rings. The Balaban J connectivity index is 0.000000369. The zero-order chi connectivity index (χ0) is 41.6. The van der Waals surface area contributed by atoms with Crippen LogP contribution in [0, 0.1) is 0 Å². The summed E-state index contributed by atoms with van der Waals surface area (Å²) in [5.41, 5.74) is 1.92. The molecule has 0 saturated heterocycles. The van der Waals surface area contributed by atoms with E-state index < -0.39 is 11.4 Å². The number of aromatic nitrogens is 4. The maximum atomic E-state index is 11.7. The lowest BCUT2D eigenvalue weighted by Crippen LogP contribution is -2.31. The monoisotopic (exact) mass is 894 g/mol. The third-order valence-corrected chi connectivity index (χ3v) is 7.89. The minimum absolute atomic E-state index is 0.0585. The fraction of sp³-hybridized carbons (Fsp3) is 0.351. The highest BCUT2D eigenvalue weighted by Crippen LogP contribution is 2.33. The van der Waals surface area contributed by atoms with Crippen molar-refractivity contribution in [1.82, 2.24) is 19.9 Å². The molecule has 0 aliphatic heterocycles. The molecule has 16 nitrogen and oxygen atoms in total. The number of carboxylic acids is 1. The highest BCUT2D eigenvalue weighted by atomic mass is 79.9. The number of pyridine rings is 4. The molecule has 4 aromatic heterocycles. The van der Waals surface area contributed by atoms with E-state index in [1.807, 2.05) is 6.07 Å². The van der Waals surface area contributed by atoms with Crippen molar-refractivity contribution >= 4 is 55.7 Å². The summed E-state index contributed by atoms with van der Waals surface area (Å²) in [6.45, 7) is 3.54. The molecule has 0 aromatic carbocycles. The van der Waals surface area contributed by atoms with Gasteiger partial charge in [-0.1, -0.05) is 12.1 Å². The first-order chi connectivity index (χ1) is 26.1. The standard InChI is InChI=1S/C11H14BrNO3.C9H10BrNO3.C9H11NO3.C8H9NO3/c1-11(2,10(14)16-4)8-5-7(12)6-13-9(8)15-3;1-13-8(12)4-6-3-7(10)5-11-9(6)14-2;1-12-8(11)6-7-4-3-5-10-9(7)13-2;1-12-8-6(5-7(10)11)3-2-4-9-8/h5-6H,1-4H3;3,5H,4H2,1-2H3;3-5H,6H2,1-2H3;2-4H,5H2,1H3,(H,10,11). The molecular weight excluding hydrogens is 852 g/mol. The zero-order valence-electron chi connectivity index (χ0n) is 31.9. The Kier molecular flexibility index (Phi) is 21.5. The molecular formula is C37H44Br2N4O12. The Bertz CT molecular complexity index is 1860. The molecule has 0 saturated carbocycles. The molecule has 0 radical (unpaired) electrons. The Labute approximate surface area is 336 Å². The Morgan fingerprint density at radius 2 is 1.02 bits per heavy atom. The first kappa shape index (κ1) is 47.7. The van der Waals surface area contributed by atoms with Gasteiger partial charge in [-0.2, -0.15) is 0 Å². The Morgan fingerprint density at radius 1 is 0.600 bits per heavy atom. The van der Waals surface area contributed by atoms with Gasteiger partial charge in [0.25, 0.3) is 0 Å². The van der Waals surface area contributed by atoms with Crippen molar-refractivity contribution in [3.63, 3.8) is 0 Å². The van der Waals surface area contributed by atoms with E-state index in [9.17, 15) is 19.2 Å². The zero-order valence-corrected chi connectivity index (χ0v) is 35.0. The van der Waals surface area contributed by atoms with Crippen molar-refractivity contribution in [3.8, 4) is 23.5 Å². The van der Waals surface area contributed by atoms with Gasteiger partial charge in [-0.3, -0.25) is 19.2 Å². The van der Waals surface area contributed by atoms with Crippen molar-refractivity contribution in [1.29, 1.82) is 0 Å². The SMILES string of the molecule is COC(=O)C(C)(C)c1cc(Br)cnc1OC.COC(=O)Cc1cc(Br)cnc1OC.COC(=O)Cc1cccnc1OC.COc1ncccc1CC(=O)O. The van der Waals surface area contributed by atoms with Gasteiger partial charge < -0.3 is 38.3 Å². The van der Waals surface area contributed by atoms with Crippen LogP contribution in [0.4, 0.5) is 0 Å². The number of aliphatic carboxylic acids is 1. The normalized spacial score (nSPS) is 9.95. The number of carbonyl (C=O) groups is 4. The quantitative estimate of drug-likeness (QED) is 0.140. The number of carbonyl (C=O) groups excluding carboxylic acids is 3. The van der Waals surface area contributed by atoms with Gasteiger partial charge in [0.1, 0.15) is 0 Å². The van der Waals surface area contributed by atoms with Crippen LogP contribution in [0.15, 0.2) is 70.1 Å². The van der Waals surface area contributed by atoms with Gasteiger partial charge in [-0.25, -0.2) is 19.9 Å². The summed E-state index contributed by atoms with van der Waals surface area (Å²) >= 11 is 6.59. The number of hydrogen-bond acceptors (Lipinski definition) is 15. The van der Waals surface area contributed by atoms with E-state index in [1.54, 1.807) is 69.0 Å². The summed E-state index contributed by atoms with van der Waals surface area (Å²) in [6, 6.07) is 10.5. The molecule has 0 spiro atoms. The van der Waals surface area contributed by atoms with Crippen molar-refractivity contribution in [3.05, 3.63) is 92.4 Å². The van der Waals surface area contributed by atoms with Gasteiger partial charge in [0.2, 0.25) is 23.5 Å². The van der Waals surface area contributed by atoms with E-state index in [-0.39, 0.29) is 37.2 Å². The van der Waals surface area contributed by atoms with Crippen molar-refractivity contribution in [2.24, 2.45) is 0 Å². The van der Waals surface area contributed by atoms with E-state index in [0.717, 1.165) is 14.5 Å². The Hall–Kier alpha value is -5.36. The van der Waals surface area contributed by atoms with Crippen LogP contribution >= 0.6 is 31.9 Å². The van der Waals surface area contributed by atoms with Gasteiger partial charge in [-0.05, 0) is 70.0 Å². The van der Waals surface area contributed by atoms with E-state index in [0.29, 0.717) is 40.2 Å². The lowest BCUT2D eigenvalue weighted by molar-refractivity contribution is -0.146. The molecule has 18 heteroatoms. The summed E-state index contributed by atoms with van der Waals surface area (Å²) in [5, 5.41) is 8.50. The molecule has 4 heterocycles. The predicted molar refractivity (Wildman–Crippen MR) is 206 cm³/mol. The highest BCUT2D eigenvalue weighted by Gasteiger charge is 2.34. The third kappa shape index (κ3) is 16.3. The van der Waals surface area contributed by atoms with Gasteiger partial charge in [0, 0.05) is 56.0 Å². The summed E-state index contributed by atoms with van der Waals surface area (Å²) in [4.78, 5) is 60.0. The van der Waals surface area contributed by atoms with Gasteiger partial charge >= 0.3 is 23.9 Å². The molecule has 1 N–H and O–H groups in total. The second kappa shape index (κ2) is 24.9. The molecule has 0 fully saturated rings. The van der Waals surface area contributed by atoms with Crippen LogP contribution in [-0.2, 0) is 58.1 Å². The number of hydrogen-bond donors (Lipinski definition) is 1. The average Bonchev–Trinajstić information content (AvgIpc) is 3.18. The molecule has 4 rings (SSSR count). The second-order valence-corrected chi connectivity index (χ2v) is 12.9. The summed E-state index contributed by atoms with van der Waals surface area (Å²) in [7, 11) is 10.1. The van der Waals surface area contributed by atoms with Gasteiger partial charge in [-0.15, -0.1) is 0 Å². The number of methoxy groups -OCH3 is 7. The van der Waals surface area contributed by atoms with Crippen LogP contribution in [0.2, 0.25) is 0 Å². The molecule has 0 atom stereocenters. The van der Waals surface area contributed by atoms with Crippen molar-refractivity contribution in [2.75, 3.05) is 49.8 Å². The van der Waals surface area contributed by atoms with Crippen LogP contribution in [0.25, 0.3) is 0 Å². The summed E-state index contributed by atoms with van der Waals surface area (Å²) in [5.74, 6) is -0.119. The first-order valence-electron chi connectivity index (χ1n) is 15.9. The minimum atomic E-state index is -0.888. The van der Waals surface area contributed by atoms with Gasteiger partial charge in [0.15, 0.2) is 0 Å². The molecule has 0 aliphatic carbocycles. The highest BCUT2D eigenvalue weighted by molar-refractivity contribution is 9.10. The van der Waals surface area contributed by atoms with Crippen LogP contribution in [-0.4, -0.2) is 98.7 Å². The van der Waals surface area contributed by atoms with Gasteiger partial charge in [0.05, 0.1) is 74.4 Å². The molecule has 0 unspecified atom stereocenters. The lowest BCUT2D eigenvalue weighted by Gasteiger charge is -2.23.